The summed E-state index contributed by atoms with van der Waals surface area (Å²) in [5.74, 6) is -2.82. The van der Waals surface area contributed by atoms with Gasteiger partial charge in [0.2, 0.25) is 0 Å². The Kier molecular flexibility index (Phi) is 4.28. The first kappa shape index (κ1) is 16.4. The van der Waals surface area contributed by atoms with E-state index in [1.54, 1.807) is 0 Å². The molecule has 0 spiro atoms. The molecule has 2 amide bonds. The second-order valence-corrected chi connectivity index (χ2v) is 5.91. The third-order valence-corrected chi connectivity index (χ3v) is 4.18. The van der Waals surface area contributed by atoms with Gasteiger partial charge in [0.15, 0.2) is 5.75 Å². The highest BCUT2D eigenvalue weighted by Crippen LogP contribution is 2.39. The normalized spacial score (nSPS) is 17.2. The van der Waals surface area contributed by atoms with E-state index in [0.29, 0.717) is 24.0 Å². The number of anilines is 1. The van der Waals surface area contributed by atoms with Crippen molar-refractivity contribution in [1.82, 2.24) is 0 Å². The van der Waals surface area contributed by atoms with E-state index < -0.39 is 23.6 Å². The smallest absolute Gasteiger partial charge is 0.285 e. The lowest BCUT2D eigenvalue weighted by molar-refractivity contribution is -0.210. The lowest BCUT2D eigenvalue weighted by Crippen LogP contribution is -2.32. The van der Waals surface area contributed by atoms with Gasteiger partial charge in [-0.05, 0) is 31.7 Å². The standard InChI is InChI=1S/C16H13ClFNO5/c1-8(20)23-24-14-7-13(12(18)6-11(14)17)19-15(21)9-4-2-3-5-10(9)16(19)22/h6-7H,2-5H2,1H3. The van der Waals surface area contributed by atoms with Gasteiger partial charge in [-0.1, -0.05) is 11.6 Å². The molecule has 1 aliphatic carbocycles. The Labute approximate surface area is 141 Å². The fraction of sp³-hybridized carbons (Fsp3) is 0.312. The topological polar surface area (TPSA) is 72.9 Å². The highest BCUT2D eigenvalue weighted by Gasteiger charge is 2.41. The highest BCUT2D eigenvalue weighted by atomic mass is 35.5. The van der Waals surface area contributed by atoms with Crippen LogP contribution >= 0.6 is 11.6 Å². The van der Waals surface area contributed by atoms with Crippen LogP contribution in [0.5, 0.6) is 5.75 Å². The maximum atomic E-state index is 14.3. The average molecular weight is 354 g/mol. The first-order valence-electron chi connectivity index (χ1n) is 7.35. The molecule has 2 aliphatic rings. The molecule has 1 heterocycles. The lowest BCUT2D eigenvalue weighted by atomic mass is 9.93. The van der Waals surface area contributed by atoms with E-state index in [0.717, 1.165) is 36.8 Å². The van der Waals surface area contributed by atoms with Gasteiger partial charge in [-0.3, -0.25) is 19.4 Å². The van der Waals surface area contributed by atoms with Gasteiger partial charge in [-0.2, -0.15) is 0 Å². The second kappa shape index (κ2) is 6.24. The molecule has 0 atom stereocenters. The summed E-state index contributed by atoms with van der Waals surface area (Å²) in [6.45, 7) is 1.11. The first-order chi connectivity index (χ1) is 11.4. The minimum Gasteiger partial charge on any atom is -0.285 e. The number of imide groups is 1. The Morgan fingerprint density at radius 3 is 2.29 bits per heavy atom. The van der Waals surface area contributed by atoms with E-state index in [9.17, 15) is 18.8 Å². The number of nitrogens with zero attached hydrogens (tertiary/aromatic N) is 1. The molecule has 0 saturated carbocycles. The lowest BCUT2D eigenvalue weighted by Gasteiger charge is -2.17. The van der Waals surface area contributed by atoms with Gasteiger partial charge in [0.25, 0.3) is 11.8 Å². The summed E-state index contributed by atoms with van der Waals surface area (Å²) >= 11 is 5.83. The third-order valence-electron chi connectivity index (χ3n) is 3.88. The summed E-state index contributed by atoms with van der Waals surface area (Å²) in [5, 5.41) is -0.158. The molecule has 0 fully saturated rings. The Balaban J connectivity index is 1.97. The molecule has 8 heteroatoms. The Morgan fingerprint density at radius 2 is 1.75 bits per heavy atom. The van der Waals surface area contributed by atoms with Crippen molar-refractivity contribution in [3.8, 4) is 5.75 Å². The first-order valence-corrected chi connectivity index (χ1v) is 7.73. The number of benzene rings is 1. The van der Waals surface area contributed by atoms with Crippen LogP contribution < -0.4 is 9.79 Å². The van der Waals surface area contributed by atoms with Crippen molar-refractivity contribution >= 4 is 35.1 Å². The van der Waals surface area contributed by atoms with E-state index in [4.69, 9.17) is 16.5 Å². The van der Waals surface area contributed by atoms with Crippen LogP contribution in [0.4, 0.5) is 10.1 Å². The number of amides is 2. The second-order valence-electron chi connectivity index (χ2n) is 5.50. The van der Waals surface area contributed by atoms with E-state index in [2.05, 4.69) is 4.89 Å². The van der Waals surface area contributed by atoms with Crippen LogP contribution in [0.2, 0.25) is 5.02 Å². The molecule has 3 rings (SSSR count). The summed E-state index contributed by atoms with van der Waals surface area (Å²) in [4.78, 5) is 45.7. The van der Waals surface area contributed by atoms with Gasteiger partial charge in [-0.25, -0.2) is 14.1 Å². The molecular weight excluding hydrogens is 341 g/mol. The van der Waals surface area contributed by atoms with Gasteiger partial charge in [0.1, 0.15) is 5.82 Å². The average Bonchev–Trinajstić information content (AvgIpc) is 2.79. The van der Waals surface area contributed by atoms with Crippen molar-refractivity contribution in [2.45, 2.75) is 32.6 Å². The summed E-state index contributed by atoms with van der Waals surface area (Å²) in [6.07, 6.45) is 2.63. The van der Waals surface area contributed by atoms with E-state index in [1.165, 1.54) is 0 Å². The fourth-order valence-corrected chi connectivity index (χ4v) is 3.00. The zero-order chi connectivity index (χ0) is 17.4. The summed E-state index contributed by atoms with van der Waals surface area (Å²) in [7, 11) is 0. The quantitative estimate of drug-likeness (QED) is 0.474. The number of carbonyl (C=O) groups is 3. The predicted octanol–water partition coefficient (Wildman–Crippen LogP) is 3.08. The van der Waals surface area contributed by atoms with Crippen LogP contribution in [-0.2, 0) is 19.3 Å². The molecule has 0 N–H and O–H groups in total. The third kappa shape index (κ3) is 2.75. The van der Waals surface area contributed by atoms with Crippen LogP contribution in [0.25, 0.3) is 0 Å². The molecule has 24 heavy (non-hydrogen) atoms. The molecule has 1 aromatic rings. The molecular formula is C16H13ClFNO5. The molecule has 0 radical (unpaired) electrons. The van der Waals surface area contributed by atoms with Crippen molar-refractivity contribution in [1.29, 1.82) is 0 Å². The largest absolute Gasteiger partial charge is 0.352 e. The van der Waals surface area contributed by atoms with Crippen LogP contribution in [0.3, 0.4) is 0 Å². The van der Waals surface area contributed by atoms with Gasteiger partial charge in [-0.15, -0.1) is 0 Å². The van der Waals surface area contributed by atoms with Gasteiger partial charge in [0, 0.05) is 24.1 Å². The zero-order valence-electron chi connectivity index (χ0n) is 12.7. The number of hydrogen-bond donors (Lipinski definition) is 0. The van der Waals surface area contributed by atoms with Crippen molar-refractivity contribution in [2.24, 2.45) is 0 Å². The van der Waals surface area contributed by atoms with Gasteiger partial charge >= 0.3 is 5.97 Å². The molecule has 6 nitrogen and oxygen atoms in total. The number of carbonyl (C=O) groups excluding carboxylic acids is 3. The van der Waals surface area contributed by atoms with Crippen molar-refractivity contribution in [3.05, 3.63) is 34.1 Å². The van der Waals surface area contributed by atoms with Crippen LogP contribution in [0.1, 0.15) is 32.6 Å². The molecule has 0 unspecified atom stereocenters. The van der Waals surface area contributed by atoms with E-state index in [1.807, 2.05) is 0 Å². The van der Waals surface area contributed by atoms with E-state index >= 15 is 0 Å². The summed E-state index contributed by atoms with van der Waals surface area (Å²) < 4.78 is 14.3. The Morgan fingerprint density at radius 1 is 1.17 bits per heavy atom. The highest BCUT2D eigenvalue weighted by molar-refractivity contribution is 6.34. The fourth-order valence-electron chi connectivity index (χ4n) is 2.82. The number of halogens is 2. The Bertz CT molecular complexity index is 761. The van der Waals surface area contributed by atoms with Gasteiger partial charge in [0.05, 0.1) is 10.7 Å². The van der Waals surface area contributed by atoms with Crippen molar-refractivity contribution in [2.75, 3.05) is 4.90 Å². The predicted molar refractivity (Wildman–Crippen MR) is 81.8 cm³/mol. The minimum absolute atomic E-state index is 0.158. The number of rotatable bonds is 3. The summed E-state index contributed by atoms with van der Waals surface area (Å²) in [5.41, 5.74) is 0.581. The summed E-state index contributed by atoms with van der Waals surface area (Å²) in [6, 6.07) is 1.96. The molecule has 1 aromatic carbocycles. The van der Waals surface area contributed by atoms with E-state index in [-0.39, 0.29) is 16.5 Å². The van der Waals surface area contributed by atoms with Crippen molar-refractivity contribution < 1.29 is 28.5 Å². The minimum atomic E-state index is -0.850. The van der Waals surface area contributed by atoms with Crippen molar-refractivity contribution in [3.63, 3.8) is 0 Å². The maximum absolute atomic E-state index is 14.3. The molecule has 0 aromatic heterocycles. The molecule has 0 saturated heterocycles. The zero-order valence-corrected chi connectivity index (χ0v) is 13.5. The SMILES string of the molecule is CC(=O)OOc1cc(N2C(=O)C3=C(CCCC3)C2=O)c(F)cc1Cl. The maximum Gasteiger partial charge on any atom is 0.352 e. The molecule has 1 aliphatic heterocycles. The number of hydrogen-bond acceptors (Lipinski definition) is 5. The Hall–Kier alpha value is -2.41. The molecule has 0 bridgehead atoms. The van der Waals surface area contributed by atoms with Gasteiger partial charge < -0.3 is 0 Å². The van der Waals surface area contributed by atoms with Crippen LogP contribution in [0.15, 0.2) is 23.3 Å². The molecule has 126 valence electrons. The van der Waals surface area contributed by atoms with Crippen LogP contribution in [-0.4, -0.2) is 17.8 Å². The monoisotopic (exact) mass is 353 g/mol. The van der Waals surface area contributed by atoms with Crippen LogP contribution in [0, 0.1) is 5.82 Å².